The second kappa shape index (κ2) is 8.76. The molecule has 0 bridgehead atoms. The maximum atomic E-state index is 6.54. The number of rotatable bonds is 3. The molecule has 3 aromatic heterocycles. The zero-order valence-corrected chi connectivity index (χ0v) is 23.5. The van der Waals surface area contributed by atoms with Gasteiger partial charge in [0.05, 0.1) is 5.39 Å². The van der Waals surface area contributed by atoms with Crippen LogP contribution in [0.1, 0.15) is 0 Å². The van der Waals surface area contributed by atoms with E-state index in [0.29, 0.717) is 0 Å². The lowest BCUT2D eigenvalue weighted by molar-refractivity contribution is 0.663. The van der Waals surface area contributed by atoms with Crippen LogP contribution in [0.3, 0.4) is 0 Å². The molecule has 7 aromatic carbocycles. The lowest BCUT2D eigenvalue weighted by Gasteiger charge is -2.25. The summed E-state index contributed by atoms with van der Waals surface area (Å²) in [7, 11) is 0. The summed E-state index contributed by atoms with van der Waals surface area (Å²) in [4.78, 5) is 2.24. The van der Waals surface area contributed by atoms with Crippen molar-refractivity contribution in [3.63, 3.8) is 0 Å². The van der Waals surface area contributed by atoms with Gasteiger partial charge in [0.2, 0.25) is 0 Å². The lowest BCUT2D eigenvalue weighted by atomic mass is 10.0. The average molecular weight is 566 g/mol. The molecule has 0 N–H and O–H groups in total. The summed E-state index contributed by atoms with van der Waals surface area (Å²) in [6, 6.07) is 48.3. The van der Waals surface area contributed by atoms with Crippen molar-refractivity contribution in [1.82, 2.24) is 0 Å². The Morgan fingerprint density at radius 1 is 0.341 bits per heavy atom. The molecule has 0 aliphatic heterocycles. The minimum atomic E-state index is 0.807. The molecule has 4 heteroatoms. The molecule has 0 amide bonds. The van der Waals surface area contributed by atoms with Gasteiger partial charge in [-0.1, -0.05) is 60.7 Å². The zero-order chi connectivity index (χ0) is 28.8. The number of anilines is 3. The number of benzene rings is 7. The van der Waals surface area contributed by atoms with Gasteiger partial charge in [-0.25, -0.2) is 0 Å². The van der Waals surface area contributed by atoms with Crippen LogP contribution in [-0.4, -0.2) is 0 Å². The maximum Gasteiger partial charge on any atom is 0.147 e. The first kappa shape index (κ1) is 23.6. The van der Waals surface area contributed by atoms with Crippen molar-refractivity contribution in [2.45, 2.75) is 0 Å². The highest BCUT2D eigenvalue weighted by Crippen LogP contribution is 2.43. The molecule has 0 radical (unpaired) electrons. The van der Waals surface area contributed by atoms with Gasteiger partial charge in [-0.15, -0.1) is 0 Å². The highest BCUT2D eigenvalue weighted by molar-refractivity contribution is 6.23. The van der Waals surface area contributed by atoms with E-state index in [2.05, 4.69) is 120 Å². The number of nitrogens with zero attached hydrogens (tertiary/aromatic N) is 1. The largest absolute Gasteiger partial charge is 0.456 e. The Morgan fingerprint density at radius 3 is 1.80 bits per heavy atom. The SMILES string of the molecule is c1ccc(N(c2ccc3c(c2)oc2ccccc23)c2ccc3c(c2)oc2ccc4c5cc6ccccc6cc5oc4c23)cc1. The predicted octanol–water partition coefficient (Wildman–Crippen LogP) is 12.0. The third-order valence-corrected chi connectivity index (χ3v) is 8.82. The van der Waals surface area contributed by atoms with Crippen LogP contribution in [0.2, 0.25) is 0 Å². The maximum absolute atomic E-state index is 6.54. The van der Waals surface area contributed by atoms with Gasteiger partial charge in [0, 0.05) is 56.1 Å². The summed E-state index contributed by atoms with van der Waals surface area (Å²) >= 11 is 0. The normalized spacial score (nSPS) is 12.1. The molecule has 3 heterocycles. The monoisotopic (exact) mass is 565 g/mol. The van der Waals surface area contributed by atoms with Crippen LogP contribution >= 0.6 is 0 Å². The van der Waals surface area contributed by atoms with E-state index < -0.39 is 0 Å². The number of furan rings is 3. The van der Waals surface area contributed by atoms with Crippen molar-refractivity contribution in [2.24, 2.45) is 0 Å². The number of para-hydroxylation sites is 2. The van der Waals surface area contributed by atoms with Crippen molar-refractivity contribution in [3.05, 3.63) is 140 Å². The molecule has 0 unspecified atom stereocenters. The molecule has 0 saturated heterocycles. The third kappa shape index (κ3) is 3.33. The standard InChI is InChI=1S/C40H23NO3/c1-2-10-26(11-3-1)41(27-14-16-30-29-12-6-7-13-34(29)42-37(30)22-27)28-15-17-32-38(23-28)43-35-19-18-31-33-20-24-8-4-5-9-25(24)21-36(33)44-40(31)39(32)35/h1-23H. The Hall–Kier alpha value is -6.00. The van der Waals surface area contributed by atoms with Crippen LogP contribution < -0.4 is 4.90 Å². The van der Waals surface area contributed by atoms with Gasteiger partial charge in [-0.2, -0.15) is 0 Å². The fourth-order valence-corrected chi connectivity index (χ4v) is 6.78. The summed E-state index contributed by atoms with van der Waals surface area (Å²) in [6.45, 7) is 0. The highest BCUT2D eigenvalue weighted by Gasteiger charge is 2.20. The second-order valence-electron chi connectivity index (χ2n) is 11.3. The minimum absolute atomic E-state index is 0.807. The van der Waals surface area contributed by atoms with Crippen LogP contribution in [-0.2, 0) is 0 Å². The van der Waals surface area contributed by atoms with Gasteiger partial charge in [0.1, 0.15) is 33.5 Å². The van der Waals surface area contributed by atoms with Gasteiger partial charge in [0.25, 0.3) is 0 Å². The summed E-state index contributed by atoms with van der Waals surface area (Å²) in [6.07, 6.45) is 0. The Kier molecular flexibility index (Phi) is 4.69. The summed E-state index contributed by atoms with van der Waals surface area (Å²) in [5.41, 5.74) is 8.14. The van der Waals surface area contributed by atoms with Gasteiger partial charge in [-0.05, 0) is 77.5 Å². The number of hydrogen-bond acceptors (Lipinski definition) is 4. The molecule has 44 heavy (non-hydrogen) atoms. The highest BCUT2D eigenvalue weighted by atomic mass is 16.3. The van der Waals surface area contributed by atoms with Crippen LogP contribution in [0.15, 0.2) is 153 Å². The van der Waals surface area contributed by atoms with E-state index in [1.165, 1.54) is 10.8 Å². The first-order chi connectivity index (χ1) is 21.8. The fraction of sp³-hybridized carbons (Fsp3) is 0. The van der Waals surface area contributed by atoms with Crippen molar-refractivity contribution in [1.29, 1.82) is 0 Å². The van der Waals surface area contributed by atoms with E-state index >= 15 is 0 Å². The fourth-order valence-electron chi connectivity index (χ4n) is 6.78. The summed E-state index contributed by atoms with van der Waals surface area (Å²) < 4.78 is 19.3. The first-order valence-electron chi connectivity index (χ1n) is 14.8. The summed E-state index contributed by atoms with van der Waals surface area (Å²) in [5, 5.41) is 8.82. The molecule has 0 fully saturated rings. The molecule has 0 saturated carbocycles. The smallest absolute Gasteiger partial charge is 0.147 e. The molecule has 0 atom stereocenters. The molecule has 0 aliphatic carbocycles. The van der Waals surface area contributed by atoms with Crippen LogP contribution in [0.25, 0.3) is 76.6 Å². The zero-order valence-electron chi connectivity index (χ0n) is 23.5. The number of hydrogen-bond donors (Lipinski definition) is 0. The van der Waals surface area contributed by atoms with E-state index in [1.54, 1.807) is 0 Å². The van der Waals surface area contributed by atoms with Crippen LogP contribution in [0.4, 0.5) is 17.1 Å². The van der Waals surface area contributed by atoms with E-state index in [9.17, 15) is 0 Å². The van der Waals surface area contributed by atoms with Gasteiger partial charge >= 0.3 is 0 Å². The summed E-state index contributed by atoms with van der Waals surface area (Å²) in [5.74, 6) is 0. The van der Waals surface area contributed by atoms with Crippen molar-refractivity contribution in [2.75, 3.05) is 4.90 Å². The van der Waals surface area contributed by atoms with Gasteiger partial charge in [-0.3, -0.25) is 0 Å². The van der Waals surface area contributed by atoms with Crippen molar-refractivity contribution >= 4 is 93.7 Å². The van der Waals surface area contributed by atoms with Crippen molar-refractivity contribution in [3.8, 4) is 0 Å². The Morgan fingerprint density at radius 2 is 0.955 bits per heavy atom. The van der Waals surface area contributed by atoms with E-state index in [4.69, 9.17) is 13.3 Å². The number of fused-ring (bicyclic) bond motifs is 11. The molecule has 0 spiro atoms. The minimum Gasteiger partial charge on any atom is -0.456 e. The van der Waals surface area contributed by atoms with Gasteiger partial charge in [0.15, 0.2) is 0 Å². The second-order valence-corrected chi connectivity index (χ2v) is 11.3. The quantitative estimate of drug-likeness (QED) is 0.214. The molecule has 0 aliphatic rings. The van der Waals surface area contributed by atoms with Gasteiger partial charge < -0.3 is 18.2 Å². The molecule has 10 rings (SSSR count). The molecular formula is C40H23NO3. The van der Waals surface area contributed by atoms with E-state index in [-0.39, 0.29) is 0 Å². The predicted molar refractivity (Wildman–Crippen MR) is 180 cm³/mol. The van der Waals surface area contributed by atoms with Crippen molar-refractivity contribution < 1.29 is 13.3 Å². The molecule has 4 nitrogen and oxygen atoms in total. The van der Waals surface area contributed by atoms with Crippen LogP contribution in [0, 0.1) is 0 Å². The third-order valence-electron chi connectivity index (χ3n) is 8.82. The van der Waals surface area contributed by atoms with E-state index in [0.717, 1.165) is 82.9 Å². The molecular weight excluding hydrogens is 542 g/mol. The topological polar surface area (TPSA) is 42.7 Å². The molecule has 206 valence electrons. The first-order valence-corrected chi connectivity index (χ1v) is 14.8. The average Bonchev–Trinajstić information content (AvgIpc) is 3.74. The Balaban J connectivity index is 1.18. The van der Waals surface area contributed by atoms with E-state index in [1.807, 2.05) is 24.3 Å². The Labute approximate surface area is 250 Å². The molecule has 10 aromatic rings. The van der Waals surface area contributed by atoms with Crippen LogP contribution in [0.5, 0.6) is 0 Å². The Bertz CT molecular complexity index is 2730. The lowest BCUT2D eigenvalue weighted by Crippen LogP contribution is -2.09.